The van der Waals surface area contributed by atoms with Crippen LogP contribution in [0.2, 0.25) is 0 Å². The van der Waals surface area contributed by atoms with E-state index in [2.05, 4.69) is 9.98 Å². The van der Waals surface area contributed by atoms with E-state index in [1.165, 1.54) is 6.20 Å². The van der Waals surface area contributed by atoms with E-state index in [4.69, 9.17) is 0 Å². The molecule has 1 aromatic heterocycles. The molecular weight excluding hydrogens is 154 g/mol. The van der Waals surface area contributed by atoms with Crippen molar-refractivity contribution in [1.82, 2.24) is 9.88 Å². The fourth-order valence-corrected chi connectivity index (χ4v) is 0.666. The fourth-order valence-electron chi connectivity index (χ4n) is 0.666. The quantitative estimate of drug-likeness (QED) is 0.525. The molecule has 0 aliphatic rings. The van der Waals surface area contributed by atoms with Gasteiger partial charge >= 0.3 is 0 Å². The van der Waals surface area contributed by atoms with Gasteiger partial charge in [-0.3, -0.25) is 4.98 Å². The molecule has 0 radical (unpaired) electrons. The van der Waals surface area contributed by atoms with Gasteiger partial charge in [-0.15, -0.1) is 0 Å². The SMILES string of the molecule is CN(C)/C=N/c1ccncc1O. The van der Waals surface area contributed by atoms with Gasteiger partial charge < -0.3 is 10.0 Å². The van der Waals surface area contributed by atoms with Crippen molar-refractivity contribution in [1.29, 1.82) is 0 Å². The van der Waals surface area contributed by atoms with Crippen LogP contribution in [0.15, 0.2) is 23.5 Å². The summed E-state index contributed by atoms with van der Waals surface area (Å²) in [4.78, 5) is 9.54. The smallest absolute Gasteiger partial charge is 0.159 e. The molecule has 0 bridgehead atoms. The van der Waals surface area contributed by atoms with Gasteiger partial charge in [0.05, 0.1) is 12.5 Å². The summed E-state index contributed by atoms with van der Waals surface area (Å²) >= 11 is 0. The minimum absolute atomic E-state index is 0.0931. The van der Waals surface area contributed by atoms with Gasteiger partial charge in [0.15, 0.2) is 5.75 Å². The second-order valence-corrected chi connectivity index (χ2v) is 2.57. The lowest BCUT2D eigenvalue weighted by Crippen LogP contribution is -2.06. The van der Waals surface area contributed by atoms with Crippen LogP contribution in [0.25, 0.3) is 0 Å². The summed E-state index contributed by atoms with van der Waals surface area (Å²) in [6, 6.07) is 1.65. The van der Waals surface area contributed by atoms with Crippen LogP contribution >= 0.6 is 0 Å². The van der Waals surface area contributed by atoms with Crippen LogP contribution in [0.4, 0.5) is 5.69 Å². The molecule has 0 aliphatic carbocycles. The number of aromatic nitrogens is 1. The number of aromatic hydroxyl groups is 1. The lowest BCUT2D eigenvalue weighted by atomic mass is 10.4. The number of pyridine rings is 1. The van der Waals surface area contributed by atoms with Crippen LogP contribution < -0.4 is 0 Å². The highest BCUT2D eigenvalue weighted by Gasteiger charge is 1.94. The summed E-state index contributed by atoms with van der Waals surface area (Å²) < 4.78 is 0. The zero-order chi connectivity index (χ0) is 8.97. The third kappa shape index (κ3) is 2.23. The van der Waals surface area contributed by atoms with E-state index in [9.17, 15) is 5.11 Å². The van der Waals surface area contributed by atoms with Crippen LogP contribution in [-0.4, -0.2) is 35.4 Å². The molecular formula is C8H11N3O. The molecule has 0 unspecified atom stereocenters. The van der Waals surface area contributed by atoms with Gasteiger partial charge in [0.2, 0.25) is 0 Å². The summed E-state index contributed by atoms with van der Waals surface area (Å²) in [6.07, 6.45) is 4.57. The van der Waals surface area contributed by atoms with Crippen molar-refractivity contribution in [2.45, 2.75) is 0 Å². The molecule has 4 heteroatoms. The topological polar surface area (TPSA) is 48.7 Å². The summed E-state index contributed by atoms with van der Waals surface area (Å²) in [5.41, 5.74) is 0.527. The van der Waals surface area contributed by atoms with Gasteiger partial charge in [-0.25, -0.2) is 4.99 Å². The van der Waals surface area contributed by atoms with E-state index >= 15 is 0 Å². The first-order valence-corrected chi connectivity index (χ1v) is 3.54. The Balaban J connectivity index is 2.82. The first kappa shape index (κ1) is 8.52. The van der Waals surface area contributed by atoms with Crippen LogP contribution in [0.1, 0.15) is 0 Å². The second kappa shape index (κ2) is 3.71. The Morgan fingerprint density at radius 3 is 2.92 bits per heavy atom. The molecule has 1 rings (SSSR count). The molecule has 0 saturated heterocycles. The van der Waals surface area contributed by atoms with Crippen molar-refractivity contribution in [3.63, 3.8) is 0 Å². The monoisotopic (exact) mass is 165 g/mol. The maximum atomic E-state index is 9.23. The Bertz CT molecular complexity index is 283. The van der Waals surface area contributed by atoms with Gasteiger partial charge in [0.25, 0.3) is 0 Å². The predicted molar refractivity (Wildman–Crippen MR) is 47.7 cm³/mol. The average Bonchev–Trinajstić information content (AvgIpc) is 2.03. The van der Waals surface area contributed by atoms with Crippen molar-refractivity contribution in [2.24, 2.45) is 4.99 Å². The van der Waals surface area contributed by atoms with Gasteiger partial charge in [-0.1, -0.05) is 0 Å². The minimum atomic E-state index is 0.0931. The number of aliphatic imine (C=N–C) groups is 1. The molecule has 64 valence electrons. The number of rotatable bonds is 2. The summed E-state index contributed by atoms with van der Waals surface area (Å²) in [7, 11) is 3.73. The average molecular weight is 165 g/mol. The summed E-state index contributed by atoms with van der Waals surface area (Å²) in [6.45, 7) is 0. The Labute approximate surface area is 71.2 Å². The standard InChI is InChI=1S/C8H11N3O/c1-11(2)6-10-7-3-4-9-5-8(7)12/h3-6,12H,1-2H3/b10-6+. The van der Waals surface area contributed by atoms with E-state index in [0.717, 1.165) is 0 Å². The molecule has 1 N–H and O–H groups in total. The molecule has 4 nitrogen and oxygen atoms in total. The van der Waals surface area contributed by atoms with Gasteiger partial charge in [0.1, 0.15) is 5.69 Å². The maximum Gasteiger partial charge on any atom is 0.159 e. The normalized spacial score (nSPS) is 10.5. The van der Waals surface area contributed by atoms with E-state index < -0.39 is 0 Å². The predicted octanol–water partition coefficient (Wildman–Crippen LogP) is 1.01. The third-order valence-electron chi connectivity index (χ3n) is 1.21. The van der Waals surface area contributed by atoms with Gasteiger partial charge in [0, 0.05) is 20.3 Å². The van der Waals surface area contributed by atoms with Gasteiger partial charge in [-0.05, 0) is 6.07 Å². The Hall–Kier alpha value is -1.58. The largest absolute Gasteiger partial charge is 0.504 e. The first-order valence-electron chi connectivity index (χ1n) is 3.54. The second-order valence-electron chi connectivity index (χ2n) is 2.57. The summed E-state index contributed by atoms with van der Waals surface area (Å²) in [5, 5.41) is 9.23. The maximum absolute atomic E-state index is 9.23. The van der Waals surface area contributed by atoms with Crippen LogP contribution in [0.5, 0.6) is 5.75 Å². The third-order valence-corrected chi connectivity index (χ3v) is 1.21. The van der Waals surface area contributed by atoms with E-state index in [0.29, 0.717) is 5.69 Å². The zero-order valence-corrected chi connectivity index (χ0v) is 7.10. The van der Waals surface area contributed by atoms with Crippen molar-refractivity contribution in [2.75, 3.05) is 14.1 Å². The lowest BCUT2D eigenvalue weighted by Gasteiger charge is -2.02. The van der Waals surface area contributed by atoms with Crippen LogP contribution in [0, 0.1) is 0 Å². The molecule has 0 fully saturated rings. The molecule has 0 spiro atoms. The van der Waals surface area contributed by atoms with Gasteiger partial charge in [-0.2, -0.15) is 0 Å². The van der Waals surface area contributed by atoms with Crippen LogP contribution in [0.3, 0.4) is 0 Å². The highest BCUT2D eigenvalue weighted by atomic mass is 16.3. The first-order chi connectivity index (χ1) is 5.70. The lowest BCUT2D eigenvalue weighted by molar-refractivity contribution is 0.474. The Morgan fingerprint density at radius 1 is 1.58 bits per heavy atom. The highest BCUT2D eigenvalue weighted by Crippen LogP contribution is 2.22. The molecule has 0 amide bonds. The number of nitrogens with zero attached hydrogens (tertiary/aromatic N) is 3. The fraction of sp³-hybridized carbons (Fsp3) is 0.250. The number of hydrogen-bond acceptors (Lipinski definition) is 3. The van der Waals surface area contributed by atoms with Crippen molar-refractivity contribution in [3.05, 3.63) is 18.5 Å². The Morgan fingerprint density at radius 2 is 2.33 bits per heavy atom. The minimum Gasteiger partial charge on any atom is -0.504 e. The summed E-state index contributed by atoms with van der Waals surface area (Å²) in [5.74, 6) is 0.0931. The molecule has 0 aliphatic heterocycles. The van der Waals surface area contributed by atoms with E-state index in [-0.39, 0.29) is 5.75 Å². The highest BCUT2D eigenvalue weighted by molar-refractivity contribution is 5.63. The molecule has 0 saturated carbocycles. The Kier molecular flexibility index (Phi) is 2.63. The van der Waals surface area contributed by atoms with Crippen LogP contribution in [-0.2, 0) is 0 Å². The molecule has 0 aromatic carbocycles. The van der Waals surface area contributed by atoms with Crippen molar-refractivity contribution < 1.29 is 5.11 Å². The molecule has 1 heterocycles. The van der Waals surface area contributed by atoms with Crippen molar-refractivity contribution in [3.8, 4) is 5.75 Å². The molecule has 12 heavy (non-hydrogen) atoms. The van der Waals surface area contributed by atoms with E-state index in [1.807, 2.05) is 14.1 Å². The zero-order valence-electron chi connectivity index (χ0n) is 7.10. The van der Waals surface area contributed by atoms with E-state index in [1.54, 1.807) is 23.5 Å². The molecule has 0 atom stereocenters. The van der Waals surface area contributed by atoms with Crippen molar-refractivity contribution >= 4 is 12.0 Å². The number of hydrogen-bond donors (Lipinski definition) is 1. The molecule has 1 aromatic rings.